The zero-order valence-electron chi connectivity index (χ0n) is 10.8. The van der Waals surface area contributed by atoms with Crippen molar-refractivity contribution in [1.82, 2.24) is 9.97 Å². The Labute approximate surface area is 103 Å². The summed E-state index contributed by atoms with van der Waals surface area (Å²) >= 11 is 0. The number of hydrogen-bond acceptors (Lipinski definition) is 5. The minimum Gasteiger partial charge on any atom is -0.391 e. The molecule has 0 bridgehead atoms. The lowest BCUT2D eigenvalue weighted by Gasteiger charge is -2.14. The third-order valence-electron chi connectivity index (χ3n) is 2.56. The van der Waals surface area contributed by atoms with E-state index in [1.54, 1.807) is 0 Å². The molecular formula is C12H22N4O. The highest BCUT2D eigenvalue weighted by atomic mass is 16.3. The predicted octanol–water partition coefficient (Wildman–Crippen LogP) is 1.79. The Kier molecular flexibility index (Phi) is 5.69. The molecular weight excluding hydrogens is 216 g/mol. The van der Waals surface area contributed by atoms with Gasteiger partial charge in [-0.1, -0.05) is 13.3 Å². The molecule has 1 atom stereocenters. The number of aliphatic hydroxyl groups excluding tert-OH is 1. The lowest BCUT2D eigenvalue weighted by atomic mass is 10.2. The van der Waals surface area contributed by atoms with Crippen LogP contribution in [0.25, 0.3) is 0 Å². The number of nitrogens with one attached hydrogen (secondary N) is 2. The van der Waals surface area contributed by atoms with Crippen molar-refractivity contribution in [2.24, 2.45) is 0 Å². The molecule has 0 fully saturated rings. The van der Waals surface area contributed by atoms with Crippen LogP contribution in [-0.2, 0) is 0 Å². The summed E-state index contributed by atoms with van der Waals surface area (Å²) in [4.78, 5) is 8.35. The van der Waals surface area contributed by atoms with Gasteiger partial charge in [0.05, 0.1) is 6.10 Å². The van der Waals surface area contributed by atoms with E-state index in [4.69, 9.17) is 0 Å². The molecule has 0 amide bonds. The maximum Gasteiger partial charge on any atom is 0.134 e. The molecule has 1 unspecified atom stereocenters. The van der Waals surface area contributed by atoms with Crippen LogP contribution in [0.5, 0.6) is 0 Å². The van der Waals surface area contributed by atoms with Crippen LogP contribution in [0.15, 0.2) is 6.33 Å². The predicted molar refractivity (Wildman–Crippen MR) is 70.3 cm³/mol. The summed E-state index contributed by atoms with van der Waals surface area (Å²) in [7, 11) is 0. The van der Waals surface area contributed by atoms with E-state index >= 15 is 0 Å². The first kappa shape index (κ1) is 13.7. The topological polar surface area (TPSA) is 70.1 Å². The number of hydrogen-bond donors (Lipinski definition) is 3. The molecule has 5 nitrogen and oxygen atoms in total. The average molecular weight is 238 g/mol. The largest absolute Gasteiger partial charge is 0.391 e. The monoisotopic (exact) mass is 238 g/mol. The van der Waals surface area contributed by atoms with Gasteiger partial charge in [0.2, 0.25) is 0 Å². The molecule has 5 heteroatoms. The van der Waals surface area contributed by atoms with Crippen molar-refractivity contribution < 1.29 is 5.11 Å². The van der Waals surface area contributed by atoms with Crippen molar-refractivity contribution in [3.05, 3.63) is 11.9 Å². The first-order valence-corrected chi connectivity index (χ1v) is 6.16. The molecule has 96 valence electrons. The minimum atomic E-state index is -0.322. The van der Waals surface area contributed by atoms with Crippen molar-refractivity contribution in [2.75, 3.05) is 23.7 Å². The van der Waals surface area contributed by atoms with Crippen LogP contribution in [0, 0.1) is 6.92 Å². The Bertz CT molecular complexity index is 343. The Morgan fingerprint density at radius 1 is 1.24 bits per heavy atom. The van der Waals surface area contributed by atoms with E-state index in [9.17, 15) is 5.11 Å². The van der Waals surface area contributed by atoms with Crippen LogP contribution >= 0.6 is 0 Å². The summed E-state index contributed by atoms with van der Waals surface area (Å²) < 4.78 is 0. The second kappa shape index (κ2) is 7.06. The fraction of sp³-hybridized carbons (Fsp3) is 0.667. The average Bonchev–Trinajstić information content (AvgIpc) is 2.31. The lowest BCUT2D eigenvalue weighted by Crippen LogP contribution is -2.20. The fourth-order valence-electron chi connectivity index (χ4n) is 1.62. The van der Waals surface area contributed by atoms with Gasteiger partial charge < -0.3 is 15.7 Å². The molecule has 1 aromatic heterocycles. The number of aromatic nitrogens is 2. The summed E-state index contributed by atoms with van der Waals surface area (Å²) in [5, 5.41) is 16.0. The van der Waals surface area contributed by atoms with E-state index < -0.39 is 0 Å². The number of aliphatic hydroxyl groups is 1. The maximum absolute atomic E-state index is 9.65. The van der Waals surface area contributed by atoms with Gasteiger partial charge in [0.1, 0.15) is 18.0 Å². The first-order chi connectivity index (χ1) is 8.19. The first-order valence-electron chi connectivity index (χ1n) is 6.16. The second-order valence-electron chi connectivity index (χ2n) is 4.05. The molecule has 3 N–H and O–H groups in total. The van der Waals surface area contributed by atoms with Gasteiger partial charge in [0.25, 0.3) is 0 Å². The van der Waals surface area contributed by atoms with Crippen molar-refractivity contribution in [3.8, 4) is 0 Å². The molecule has 0 saturated carbocycles. The van der Waals surface area contributed by atoms with Gasteiger partial charge in [0.15, 0.2) is 0 Å². The summed E-state index contributed by atoms with van der Waals surface area (Å²) in [6.07, 6.45) is 2.99. The molecule has 0 aromatic carbocycles. The van der Waals surface area contributed by atoms with Gasteiger partial charge in [-0.15, -0.1) is 0 Å². The normalized spacial score (nSPS) is 12.2. The van der Waals surface area contributed by atoms with Crippen LogP contribution < -0.4 is 10.6 Å². The maximum atomic E-state index is 9.65. The minimum absolute atomic E-state index is 0.322. The van der Waals surface area contributed by atoms with Gasteiger partial charge in [-0.25, -0.2) is 9.97 Å². The highest BCUT2D eigenvalue weighted by Crippen LogP contribution is 2.17. The third kappa shape index (κ3) is 4.19. The quantitative estimate of drug-likeness (QED) is 0.675. The summed E-state index contributed by atoms with van der Waals surface area (Å²) in [5.41, 5.74) is 0.984. The summed E-state index contributed by atoms with van der Waals surface area (Å²) in [5.74, 6) is 1.63. The van der Waals surface area contributed by atoms with Crippen LogP contribution in [0.2, 0.25) is 0 Å². The van der Waals surface area contributed by atoms with Gasteiger partial charge >= 0.3 is 0 Å². The fourth-order valence-corrected chi connectivity index (χ4v) is 1.62. The lowest BCUT2D eigenvalue weighted by molar-refractivity contribution is 0.176. The Hall–Kier alpha value is -1.36. The highest BCUT2D eigenvalue weighted by molar-refractivity contribution is 5.56. The Balaban J connectivity index is 2.61. The molecule has 0 spiro atoms. The van der Waals surface area contributed by atoms with Crippen LogP contribution in [0.3, 0.4) is 0 Å². The van der Waals surface area contributed by atoms with E-state index in [-0.39, 0.29) is 6.10 Å². The number of anilines is 2. The molecule has 0 aliphatic rings. The Morgan fingerprint density at radius 3 is 2.47 bits per heavy atom. The smallest absolute Gasteiger partial charge is 0.134 e. The molecule has 0 radical (unpaired) electrons. The van der Waals surface area contributed by atoms with E-state index in [0.29, 0.717) is 6.54 Å². The van der Waals surface area contributed by atoms with Gasteiger partial charge in [-0.3, -0.25) is 0 Å². The SMILES string of the molecule is CCCC(O)CNc1ncnc(NCC)c1C. The van der Waals surface area contributed by atoms with Crippen LogP contribution in [0.1, 0.15) is 32.3 Å². The van der Waals surface area contributed by atoms with E-state index in [1.807, 2.05) is 13.8 Å². The molecule has 0 saturated heterocycles. The highest BCUT2D eigenvalue weighted by Gasteiger charge is 2.08. The zero-order chi connectivity index (χ0) is 12.7. The van der Waals surface area contributed by atoms with Crippen molar-refractivity contribution in [3.63, 3.8) is 0 Å². The molecule has 1 heterocycles. The van der Waals surface area contributed by atoms with Gasteiger partial charge in [0, 0.05) is 18.7 Å². The molecule has 17 heavy (non-hydrogen) atoms. The Morgan fingerprint density at radius 2 is 1.88 bits per heavy atom. The molecule has 0 aliphatic heterocycles. The van der Waals surface area contributed by atoms with Crippen LogP contribution in [-0.4, -0.2) is 34.3 Å². The van der Waals surface area contributed by atoms with Crippen LogP contribution in [0.4, 0.5) is 11.6 Å². The van der Waals surface area contributed by atoms with Gasteiger partial charge in [-0.2, -0.15) is 0 Å². The number of nitrogens with zero attached hydrogens (tertiary/aromatic N) is 2. The van der Waals surface area contributed by atoms with Crippen molar-refractivity contribution >= 4 is 11.6 Å². The summed E-state index contributed by atoms with van der Waals surface area (Å²) in [6, 6.07) is 0. The van der Waals surface area contributed by atoms with E-state index in [1.165, 1.54) is 6.33 Å². The third-order valence-corrected chi connectivity index (χ3v) is 2.56. The summed E-state index contributed by atoms with van der Waals surface area (Å²) in [6.45, 7) is 7.40. The molecule has 0 aliphatic carbocycles. The van der Waals surface area contributed by atoms with E-state index in [0.717, 1.165) is 36.6 Å². The molecule has 1 aromatic rings. The molecule has 1 rings (SSSR count). The van der Waals surface area contributed by atoms with Crippen molar-refractivity contribution in [1.29, 1.82) is 0 Å². The second-order valence-corrected chi connectivity index (χ2v) is 4.05. The van der Waals surface area contributed by atoms with Crippen molar-refractivity contribution in [2.45, 2.75) is 39.7 Å². The van der Waals surface area contributed by atoms with Gasteiger partial charge in [-0.05, 0) is 20.3 Å². The zero-order valence-corrected chi connectivity index (χ0v) is 10.8. The number of rotatable bonds is 7. The van der Waals surface area contributed by atoms with E-state index in [2.05, 4.69) is 27.5 Å². The standard InChI is InChI=1S/C12H22N4O/c1-4-6-10(17)7-14-12-9(3)11(13-5-2)15-8-16-12/h8,10,17H,4-7H2,1-3H3,(H2,13,14,15,16).